The highest BCUT2D eigenvalue weighted by Gasteiger charge is 2.23. The van der Waals surface area contributed by atoms with E-state index in [-0.39, 0.29) is 18.9 Å². The second kappa shape index (κ2) is 8.45. The predicted octanol–water partition coefficient (Wildman–Crippen LogP) is 4.15. The van der Waals surface area contributed by atoms with E-state index in [1.807, 2.05) is 66.7 Å². The summed E-state index contributed by atoms with van der Waals surface area (Å²) < 4.78 is 28.4. The Balaban J connectivity index is 2.11. The Morgan fingerprint density at radius 2 is 1.36 bits per heavy atom. The van der Waals surface area contributed by atoms with Gasteiger partial charge in [-0.15, -0.1) is 0 Å². The molecule has 5 nitrogen and oxygen atoms in total. The molecule has 0 aliphatic carbocycles. The first-order valence-corrected chi connectivity index (χ1v) is 10.9. The summed E-state index contributed by atoms with van der Waals surface area (Å²) >= 11 is 0. The summed E-state index contributed by atoms with van der Waals surface area (Å²) in [5, 5.41) is 2.85. The van der Waals surface area contributed by atoms with Crippen LogP contribution in [0.4, 0.5) is 5.69 Å². The van der Waals surface area contributed by atoms with E-state index in [1.165, 1.54) is 0 Å². The van der Waals surface area contributed by atoms with Gasteiger partial charge < -0.3 is 5.32 Å². The van der Waals surface area contributed by atoms with Gasteiger partial charge in [0.15, 0.2) is 0 Å². The van der Waals surface area contributed by atoms with Gasteiger partial charge in [0.05, 0.1) is 4.90 Å². The minimum absolute atomic E-state index is 0.0455. The van der Waals surface area contributed by atoms with Crippen molar-refractivity contribution in [1.29, 1.82) is 0 Å². The lowest BCUT2D eigenvalue weighted by molar-refractivity contribution is -0.116. The van der Waals surface area contributed by atoms with Crippen molar-refractivity contribution in [1.82, 2.24) is 4.72 Å². The fraction of sp³-hybridized carbons (Fsp3) is 0.409. The molecule has 0 spiro atoms. The van der Waals surface area contributed by atoms with Crippen LogP contribution in [-0.4, -0.2) is 20.9 Å². The van der Waals surface area contributed by atoms with Crippen molar-refractivity contribution in [3.63, 3.8) is 0 Å². The largest absolute Gasteiger partial charge is 0.326 e. The lowest BCUT2D eigenvalue weighted by atomic mass is 9.95. The smallest absolute Gasteiger partial charge is 0.241 e. The first-order chi connectivity index (χ1) is 13.0. The highest BCUT2D eigenvalue weighted by atomic mass is 32.2. The van der Waals surface area contributed by atoms with E-state index in [4.69, 9.17) is 0 Å². The van der Waals surface area contributed by atoms with Crippen LogP contribution < -0.4 is 10.0 Å². The molecular formula is C22H30N2O3S. The third kappa shape index (κ3) is 4.45. The zero-order chi connectivity index (χ0) is 21.2. The molecule has 28 heavy (non-hydrogen) atoms. The van der Waals surface area contributed by atoms with E-state index >= 15 is 0 Å². The number of amides is 1. The second-order valence-corrected chi connectivity index (χ2v) is 9.10. The lowest BCUT2D eigenvalue weighted by Crippen LogP contribution is -2.29. The summed E-state index contributed by atoms with van der Waals surface area (Å²) in [6.07, 6.45) is 0.0640. The molecule has 0 fully saturated rings. The zero-order valence-electron chi connectivity index (χ0n) is 17.8. The minimum Gasteiger partial charge on any atom is -0.326 e. The fourth-order valence-corrected chi connectivity index (χ4v) is 4.97. The van der Waals surface area contributed by atoms with Gasteiger partial charge in [0, 0.05) is 18.7 Å². The van der Waals surface area contributed by atoms with Crippen LogP contribution in [0.2, 0.25) is 0 Å². The van der Waals surface area contributed by atoms with Gasteiger partial charge in [0.1, 0.15) is 0 Å². The molecule has 152 valence electrons. The number of aryl methyl sites for hydroxylation is 1. The molecule has 0 radical (unpaired) electrons. The van der Waals surface area contributed by atoms with Crippen LogP contribution in [0.1, 0.15) is 45.4 Å². The molecule has 2 aromatic rings. The molecule has 2 N–H and O–H groups in total. The summed E-state index contributed by atoms with van der Waals surface area (Å²) in [4.78, 5) is 12.6. The molecule has 2 aromatic carbocycles. The van der Waals surface area contributed by atoms with Crippen molar-refractivity contribution in [2.75, 3.05) is 11.9 Å². The van der Waals surface area contributed by atoms with Crippen molar-refractivity contribution >= 4 is 21.6 Å². The molecule has 1 amide bonds. The number of carbonyl (C=O) groups excluding carboxylic acids is 1. The maximum Gasteiger partial charge on any atom is 0.241 e. The lowest BCUT2D eigenvalue weighted by Gasteiger charge is -2.19. The quantitative estimate of drug-likeness (QED) is 0.762. The Hall–Kier alpha value is -2.18. The van der Waals surface area contributed by atoms with E-state index in [0.717, 1.165) is 44.6 Å². The minimum atomic E-state index is -3.70. The molecule has 0 saturated heterocycles. The highest BCUT2D eigenvalue weighted by molar-refractivity contribution is 7.89. The average molecular weight is 403 g/mol. The van der Waals surface area contributed by atoms with E-state index in [0.29, 0.717) is 4.90 Å². The summed E-state index contributed by atoms with van der Waals surface area (Å²) in [6.45, 7) is 13.5. The number of rotatable bonds is 6. The standard InChI is InChI=1S/C22H30N2O3S/c1-13-9-8-10-20(14(13)2)24-21(25)11-12-23-28(26,27)22-18(6)16(4)15(3)17(5)19(22)7/h8-10,23H,11-12H2,1-7H3,(H,24,25). The predicted molar refractivity (Wildman–Crippen MR) is 114 cm³/mol. The van der Waals surface area contributed by atoms with E-state index in [9.17, 15) is 13.2 Å². The maximum absolute atomic E-state index is 12.9. The van der Waals surface area contributed by atoms with E-state index in [1.54, 1.807) is 0 Å². The first-order valence-electron chi connectivity index (χ1n) is 9.40. The van der Waals surface area contributed by atoms with Crippen LogP contribution in [0.5, 0.6) is 0 Å². The molecule has 0 aliphatic heterocycles. The van der Waals surface area contributed by atoms with Crippen molar-refractivity contribution in [2.24, 2.45) is 0 Å². The third-order valence-corrected chi connectivity index (χ3v) is 7.46. The molecule has 0 atom stereocenters. The molecule has 0 unspecified atom stereocenters. The monoisotopic (exact) mass is 402 g/mol. The number of hydrogen-bond donors (Lipinski definition) is 2. The van der Waals surface area contributed by atoms with Crippen molar-refractivity contribution in [3.8, 4) is 0 Å². The Labute approximate surface area is 168 Å². The van der Waals surface area contributed by atoms with Gasteiger partial charge in [-0.25, -0.2) is 13.1 Å². The number of hydrogen-bond acceptors (Lipinski definition) is 3. The Bertz CT molecular complexity index is 996. The topological polar surface area (TPSA) is 75.3 Å². The van der Waals surface area contributed by atoms with Crippen LogP contribution in [-0.2, 0) is 14.8 Å². The third-order valence-electron chi connectivity index (χ3n) is 5.72. The van der Waals surface area contributed by atoms with Crippen LogP contribution in [0.25, 0.3) is 0 Å². The van der Waals surface area contributed by atoms with Gasteiger partial charge in [0.25, 0.3) is 0 Å². The molecule has 0 aliphatic rings. The molecule has 0 saturated carbocycles. The van der Waals surface area contributed by atoms with Crippen molar-refractivity contribution in [3.05, 3.63) is 57.1 Å². The number of benzene rings is 2. The van der Waals surface area contributed by atoms with Crippen molar-refractivity contribution in [2.45, 2.75) is 59.8 Å². The van der Waals surface area contributed by atoms with Gasteiger partial charge in [0.2, 0.25) is 15.9 Å². The maximum atomic E-state index is 12.9. The SMILES string of the molecule is Cc1cccc(NC(=O)CCNS(=O)(=O)c2c(C)c(C)c(C)c(C)c2C)c1C. The van der Waals surface area contributed by atoms with Gasteiger partial charge in [-0.3, -0.25) is 4.79 Å². The second-order valence-electron chi connectivity index (χ2n) is 7.40. The van der Waals surface area contributed by atoms with Gasteiger partial charge in [-0.1, -0.05) is 12.1 Å². The Morgan fingerprint density at radius 1 is 0.821 bits per heavy atom. The molecule has 0 aromatic heterocycles. The van der Waals surface area contributed by atoms with Crippen LogP contribution in [0, 0.1) is 48.5 Å². The van der Waals surface area contributed by atoms with Crippen molar-refractivity contribution < 1.29 is 13.2 Å². The average Bonchev–Trinajstić information content (AvgIpc) is 2.62. The molecule has 6 heteroatoms. The molecule has 0 heterocycles. The van der Waals surface area contributed by atoms with Gasteiger partial charge in [-0.2, -0.15) is 0 Å². The van der Waals surface area contributed by atoms with E-state index in [2.05, 4.69) is 10.0 Å². The van der Waals surface area contributed by atoms with Crippen LogP contribution in [0.15, 0.2) is 23.1 Å². The Kier molecular flexibility index (Phi) is 6.67. The zero-order valence-corrected chi connectivity index (χ0v) is 18.6. The molecule has 0 bridgehead atoms. The number of anilines is 1. The fourth-order valence-electron chi connectivity index (χ4n) is 3.34. The molecular weight excluding hydrogens is 372 g/mol. The summed E-state index contributed by atoms with van der Waals surface area (Å²) in [7, 11) is -3.70. The van der Waals surface area contributed by atoms with Crippen LogP contribution >= 0.6 is 0 Å². The summed E-state index contributed by atoms with van der Waals surface area (Å²) in [5.74, 6) is -0.221. The van der Waals surface area contributed by atoms with Crippen LogP contribution in [0.3, 0.4) is 0 Å². The normalized spacial score (nSPS) is 11.5. The summed E-state index contributed by atoms with van der Waals surface area (Å²) in [5.41, 5.74) is 7.45. The van der Waals surface area contributed by atoms with E-state index < -0.39 is 10.0 Å². The first kappa shape index (κ1) is 22.1. The Morgan fingerprint density at radius 3 is 1.93 bits per heavy atom. The highest BCUT2D eigenvalue weighted by Crippen LogP contribution is 2.29. The van der Waals surface area contributed by atoms with Gasteiger partial charge in [-0.05, 0) is 93.5 Å². The van der Waals surface area contributed by atoms with Gasteiger partial charge >= 0.3 is 0 Å². The number of sulfonamides is 1. The molecule has 2 rings (SSSR count). The summed E-state index contributed by atoms with van der Waals surface area (Å²) in [6, 6.07) is 5.71. The number of carbonyl (C=O) groups is 1. The number of nitrogens with one attached hydrogen (secondary N) is 2.